The van der Waals surface area contributed by atoms with Crippen LogP contribution < -0.4 is 0 Å². The first-order valence-electron chi connectivity index (χ1n) is 11.7. The van der Waals surface area contributed by atoms with E-state index in [-0.39, 0.29) is 24.0 Å². The van der Waals surface area contributed by atoms with Crippen LogP contribution in [-0.2, 0) is 17.6 Å². The van der Waals surface area contributed by atoms with E-state index in [2.05, 4.69) is 0 Å². The van der Waals surface area contributed by atoms with Gasteiger partial charge in [-0.05, 0) is 79.8 Å². The summed E-state index contributed by atoms with van der Waals surface area (Å²) in [7, 11) is 0. The highest BCUT2D eigenvalue weighted by molar-refractivity contribution is 7.98. The Morgan fingerprint density at radius 1 is 1.06 bits per heavy atom. The molecule has 5 rings (SSSR count). The topological polar surface area (TPSA) is 38.1 Å². The summed E-state index contributed by atoms with van der Waals surface area (Å²) >= 11 is 7.59. The zero-order valence-corrected chi connectivity index (χ0v) is 21.1. The summed E-state index contributed by atoms with van der Waals surface area (Å²) in [5.41, 5.74) is 3.09. The van der Waals surface area contributed by atoms with Gasteiger partial charge in [0.25, 0.3) is 0 Å². The zero-order valence-electron chi connectivity index (χ0n) is 19.6. The lowest BCUT2D eigenvalue weighted by atomic mass is 9.70. The Labute approximate surface area is 217 Å². The third kappa shape index (κ3) is 4.33. The fraction of sp³-hybridized carbons (Fsp3) is 0.250. The number of aliphatic hydroxyl groups is 1. The van der Waals surface area contributed by atoms with Gasteiger partial charge in [-0.2, -0.15) is 0 Å². The smallest absolute Gasteiger partial charge is 0.173 e. The van der Waals surface area contributed by atoms with Crippen LogP contribution in [0.15, 0.2) is 65.8 Å². The maximum atomic E-state index is 14.5. The first-order chi connectivity index (χ1) is 17.3. The van der Waals surface area contributed by atoms with Crippen molar-refractivity contribution in [3.63, 3.8) is 0 Å². The fourth-order valence-corrected chi connectivity index (χ4v) is 6.36. The lowest BCUT2D eigenvalue weighted by Gasteiger charge is -2.37. The van der Waals surface area contributed by atoms with Gasteiger partial charge in [0, 0.05) is 22.0 Å². The predicted octanol–water partition coefficient (Wildman–Crippen LogP) is 7.16. The quantitative estimate of drug-likeness (QED) is 0.270. The van der Waals surface area contributed by atoms with Gasteiger partial charge < -0.3 is 5.11 Å². The Balaban J connectivity index is 1.69. The number of aromatic nitrogens is 2. The molecule has 0 saturated carbocycles. The third-order valence-corrected chi connectivity index (χ3v) is 8.18. The van der Waals surface area contributed by atoms with Crippen molar-refractivity contribution in [1.29, 1.82) is 0 Å². The number of hydrogen-bond acceptors (Lipinski definition) is 3. The molecule has 8 heteroatoms. The Hall–Kier alpha value is -2.74. The van der Waals surface area contributed by atoms with Gasteiger partial charge in [0.05, 0.1) is 23.4 Å². The Morgan fingerprint density at radius 2 is 1.83 bits per heavy atom. The van der Waals surface area contributed by atoms with Crippen LogP contribution in [0.25, 0.3) is 5.69 Å². The van der Waals surface area contributed by atoms with E-state index in [0.717, 1.165) is 23.4 Å². The Morgan fingerprint density at radius 3 is 2.53 bits per heavy atom. The molecule has 186 valence electrons. The molecule has 1 heterocycles. The van der Waals surface area contributed by atoms with E-state index >= 15 is 0 Å². The van der Waals surface area contributed by atoms with Crippen molar-refractivity contribution in [1.82, 2.24) is 9.55 Å². The molecule has 0 aliphatic heterocycles. The van der Waals surface area contributed by atoms with Gasteiger partial charge in [0.1, 0.15) is 17.5 Å². The average molecular weight is 529 g/mol. The predicted molar refractivity (Wildman–Crippen MR) is 136 cm³/mol. The van der Waals surface area contributed by atoms with Gasteiger partial charge in [-0.1, -0.05) is 41.6 Å². The Kier molecular flexibility index (Phi) is 6.90. The molecule has 4 aromatic rings. The van der Waals surface area contributed by atoms with Crippen molar-refractivity contribution in [2.75, 3.05) is 6.61 Å². The summed E-state index contributed by atoms with van der Waals surface area (Å²) in [6, 6.07) is 15.5. The minimum Gasteiger partial charge on any atom is -0.395 e. The summed E-state index contributed by atoms with van der Waals surface area (Å²) in [6.07, 6.45) is 2.12. The highest BCUT2D eigenvalue weighted by Gasteiger charge is 2.43. The minimum absolute atomic E-state index is 0.207. The van der Waals surface area contributed by atoms with Gasteiger partial charge in [-0.15, -0.1) is 0 Å². The molecule has 36 heavy (non-hydrogen) atoms. The molecule has 1 aliphatic rings. The molecular weight excluding hydrogens is 505 g/mol. The van der Waals surface area contributed by atoms with Crippen LogP contribution in [0.1, 0.15) is 40.9 Å². The number of fused-ring (bicyclic) bond motifs is 1. The second-order valence-corrected chi connectivity index (χ2v) is 10.4. The molecule has 1 aliphatic carbocycles. The molecule has 0 bridgehead atoms. The van der Waals surface area contributed by atoms with E-state index in [0.29, 0.717) is 39.8 Å². The minimum atomic E-state index is -0.831. The van der Waals surface area contributed by atoms with Crippen molar-refractivity contribution in [2.45, 2.75) is 42.5 Å². The van der Waals surface area contributed by atoms with Gasteiger partial charge in [0.15, 0.2) is 5.16 Å². The number of thioether (sulfide) groups is 1. The molecule has 1 unspecified atom stereocenters. The van der Waals surface area contributed by atoms with Crippen LogP contribution in [0.3, 0.4) is 0 Å². The summed E-state index contributed by atoms with van der Waals surface area (Å²) in [6.45, 7) is 1.49. The Bertz CT molecular complexity index is 1400. The summed E-state index contributed by atoms with van der Waals surface area (Å²) in [5.74, 6) is -0.841. The van der Waals surface area contributed by atoms with E-state index in [1.807, 2.05) is 4.57 Å². The largest absolute Gasteiger partial charge is 0.395 e. The average Bonchev–Trinajstić information content (AvgIpc) is 3.25. The molecular formula is C28H24ClF3N2OS. The number of hydrogen-bond donors (Lipinski definition) is 1. The summed E-state index contributed by atoms with van der Waals surface area (Å²) < 4.78 is 44.4. The van der Waals surface area contributed by atoms with E-state index in [1.54, 1.807) is 43.3 Å². The monoisotopic (exact) mass is 528 g/mol. The second-order valence-electron chi connectivity index (χ2n) is 9.05. The van der Waals surface area contributed by atoms with Crippen LogP contribution in [0.5, 0.6) is 0 Å². The molecule has 0 saturated heterocycles. The van der Waals surface area contributed by atoms with Gasteiger partial charge in [0.2, 0.25) is 0 Å². The van der Waals surface area contributed by atoms with Crippen molar-refractivity contribution >= 4 is 23.4 Å². The standard InChI is InChI=1S/C28H24ClF3N2OS/c1-17-14-18(7-12-23(17)31)28(16-35)13-3-6-25-26(28)34(20-10-8-19(30)9-11-20)27(33-25)36-15-21-22(29)4-2-5-24(21)32/h2,4-5,7-12,14,35H,3,6,13,15-16H2,1H3. The molecule has 1 atom stereocenters. The molecule has 0 radical (unpaired) electrons. The molecule has 0 fully saturated rings. The van der Waals surface area contributed by atoms with Gasteiger partial charge in [-0.25, -0.2) is 18.2 Å². The normalized spacial score (nSPS) is 17.3. The number of aliphatic hydroxyl groups excluding tert-OH is 1. The molecule has 0 spiro atoms. The third-order valence-electron chi connectivity index (χ3n) is 6.86. The highest BCUT2D eigenvalue weighted by Crippen LogP contribution is 2.46. The van der Waals surface area contributed by atoms with Gasteiger partial charge in [-0.3, -0.25) is 4.57 Å². The number of rotatable bonds is 6. The fourth-order valence-electron chi connectivity index (χ4n) is 4.99. The second kappa shape index (κ2) is 9.96. The molecule has 3 aromatic carbocycles. The lowest BCUT2D eigenvalue weighted by molar-refractivity contribution is 0.197. The molecule has 0 amide bonds. The van der Waals surface area contributed by atoms with Crippen LogP contribution in [0.4, 0.5) is 13.2 Å². The van der Waals surface area contributed by atoms with Crippen LogP contribution in [0, 0.1) is 24.4 Å². The van der Waals surface area contributed by atoms with Crippen LogP contribution in [-0.4, -0.2) is 21.3 Å². The number of imidazole rings is 1. The van der Waals surface area contributed by atoms with E-state index in [9.17, 15) is 18.3 Å². The van der Waals surface area contributed by atoms with E-state index < -0.39 is 11.2 Å². The van der Waals surface area contributed by atoms with Crippen molar-refractivity contribution < 1.29 is 18.3 Å². The number of benzene rings is 3. The molecule has 1 N–H and O–H groups in total. The molecule has 3 nitrogen and oxygen atoms in total. The first-order valence-corrected chi connectivity index (χ1v) is 13.0. The van der Waals surface area contributed by atoms with Crippen LogP contribution in [0.2, 0.25) is 5.02 Å². The summed E-state index contributed by atoms with van der Waals surface area (Å²) in [5, 5.41) is 11.8. The summed E-state index contributed by atoms with van der Waals surface area (Å²) in [4.78, 5) is 4.91. The first kappa shape index (κ1) is 24.9. The maximum Gasteiger partial charge on any atom is 0.173 e. The van der Waals surface area contributed by atoms with Crippen molar-refractivity contribution in [3.05, 3.63) is 111 Å². The number of nitrogens with zero attached hydrogens (tertiary/aromatic N) is 2. The van der Waals surface area contributed by atoms with Crippen molar-refractivity contribution in [3.8, 4) is 5.69 Å². The number of halogens is 4. The lowest BCUT2D eigenvalue weighted by Crippen LogP contribution is -2.38. The zero-order chi connectivity index (χ0) is 25.4. The number of aryl methyl sites for hydroxylation is 2. The highest BCUT2D eigenvalue weighted by atomic mass is 35.5. The van der Waals surface area contributed by atoms with Crippen molar-refractivity contribution in [2.24, 2.45) is 0 Å². The molecule has 1 aromatic heterocycles. The van der Waals surface area contributed by atoms with Gasteiger partial charge >= 0.3 is 0 Å². The maximum absolute atomic E-state index is 14.5. The SMILES string of the molecule is Cc1cc(C2(CO)CCCc3nc(SCc4c(F)cccc4Cl)n(-c4ccc(F)cc4)c32)ccc1F. The van der Waals surface area contributed by atoms with E-state index in [1.165, 1.54) is 36.0 Å². The van der Waals surface area contributed by atoms with E-state index in [4.69, 9.17) is 16.6 Å². The van der Waals surface area contributed by atoms with Crippen LogP contribution >= 0.6 is 23.4 Å².